The monoisotopic (exact) mass is 446 g/mol. The van der Waals surface area contributed by atoms with Gasteiger partial charge in [-0.1, -0.05) is 30.3 Å². The third-order valence-electron chi connectivity index (χ3n) is 5.76. The van der Waals surface area contributed by atoms with Crippen molar-refractivity contribution in [3.63, 3.8) is 0 Å². The predicted molar refractivity (Wildman–Crippen MR) is 102 cm³/mol. The number of aryl methyl sites for hydroxylation is 1. The number of hydrogen-bond acceptors (Lipinski definition) is 11. The van der Waals surface area contributed by atoms with E-state index in [2.05, 4.69) is 0 Å². The molecule has 8 N–H and O–H groups in total. The van der Waals surface area contributed by atoms with Gasteiger partial charge in [0.2, 0.25) is 0 Å². The SMILES string of the molecule is OC[C@H]1O[C@@H](OC[C@H]2O[C@](O)(CCc3ccccc3)[C@H](O)[C@@H](O)[C@@H]2O)[C@H](O)[C@@H](O)[C@@H]1O. The van der Waals surface area contributed by atoms with E-state index in [-0.39, 0.29) is 6.42 Å². The lowest BCUT2D eigenvalue weighted by Gasteiger charge is -2.46. The Bertz CT molecular complexity index is 689. The molecule has 3 rings (SSSR count). The normalized spacial score (nSPS) is 43.7. The summed E-state index contributed by atoms with van der Waals surface area (Å²) in [6.07, 6.45) is -13.8. The van der Waals surface area contributed by atoms with Gasteiger partial charge in [0, 0.05) is 6.42 Å². The molecule has 0 unspecified atom stereocenters. The third-order valence-corrected chi connectivity index (χ3v) is 5.76. The maximum absolute atomic E-state index is 10.8. The van der Waals surface area contributed by atoms with Crippen molar-refractivity contribution < 1.29 is 55.1 Å². The number of rotatable bonds is 7. The molecule has 2 aliphatic heterocycles. The standard InChI is InChI=1S/C20H30O11/c21-8-11-13(22)15(24)17(26)19(30-11)29-9-12-14(23)16(25)18(27)20(28,31-12)7-6-10-4-2-1-3-5-10/h1-5,11-19,21-28H,6-9H2/t11-,12-,13-,14-,15+,16+,17-,18-,19-,20-/m1/s1. The van der Waals surface area contributed by atoms with Crippen LogP contribution in [0.3, 0.4) is 0 Å². The lowest BCUT2D eigenvalue weighted by atomic mass is 9.89. The molecule has 10 atom stereocenters. The van der Waals surface area contributed by atoms with Gasteiger partial charge in [-0.2, -0.15) is 0 Å². The molecule has 0 saturated carbocycles. The summed E-state index contributed by atoms with van der Waals surface area (Å²) >= 11 is 0. The van der Waals surface area contributed by atoms with Crippen LogP contribution in [0, 0.1) is 0 Å². The molecule has 0 aliphatic carbocycles. The van der Waals surface area contributed by atoms with Crippen LogP contribution in [-0.2, 0) is 20.6 Å². The zero-order valence-corrected chi connectivity index (χ0v) is 16.7. The number of ether oxygens (including phenoxy) is 3. The second-order valence-electron chi connectivity index (χ2n) is 7.94. The Balaban J connectivity index is 1.64. The van der Waals surface area contributed by atoms with Gasteiger partial charge in [-0.25, -0.2) is 0 Å². The van der Waals surface area contributed by atoms with Gasteiger partial charge in [-0.15, -0.1) is 0 Å². The van der Waals surface area contributed by atoms with Crippen LogP contribution < -0.4 is 0 Å². The van der Waals surface area contributed by atoms with Gasteiger partial charge in [0.05, 0.1) is 13.2 Å². The van der Waals surface area contributed by atoms with Crippen molar-refractivity contribution in [1.82, 2.24) is 0 Å². The van der Waals surface area contributed by atoms with Gasteiger partial charge in [-0.3, -0.25) is 0 Å². The lowest BCUT2D eigenvalue weighted by molar-refractivity contribution is -0.363. The van der Waals surface area contributed by atoms with Crippen LogP contribution in [0.4, 0.5) is 0 Å². The minimum absolute atomic E-state index is 0.0848. The van der Waals surface area contributed by atoms with Crippen LogP contribution in [0.1, 0.15) is 12.0 Å². The van der Waals surface area contributed by atoms with Crippen molar-refractivity contribution >= 4 is 0 Å². The van der Waals surface area contributed by atoms with Gasteiger partial charge < -0.3 is 55.1 Å². The van der Waals surface area contributed by atoms with E-state index in [0.717, 1.165) is 5.56 Å². The van der Waals surface area contributed by atoms with Crippen LogP contribution >= 0.6 is 0 Å². The van der Waals surface area contributed by atoms with Gasteiger partial charge in [-0.05, 0) is 12.0 Å². The maximum atomic E-state index is 10.8. The zero-order chi connectivity index (χ0) is 22.8. The topological polar surface area (TPSA) is 190 Å². The van der Waals surface area contributed by atoms with Crippen LogP contribution in [0.15, 0.2) is 30.3 Å². The number of hydrogen-bond donors (Lipinski definition) is 8. The summed E-state index contributed by atoms with van der Waals surface area (Å²) in [4.78, 5) is 0. The molecule has 1 aromatic rings. The summed E-state index contributed by atoms with van der Waals surface area (Å²) in [6.45, 7) is -1.14. The molecule has 0 amide bonds. The van der Waals surface area contributed by atoms with Crippen molar-refractivity contribution in [3.8, 4) is 0 Å². The van der Waals surface area contributed by atoms with E-state index in [0.29, 0.717) is 6.42 Å². The van der Waals surface area contributed by atoms with Gasteiger partial charge in [0.1, 0.15) is 48.8 Å². The molecule has 2 fully saturated rings. The van der Waals surface area contributed by atoms with E-state index >= 15 is 0 Å². The van der Waals surface area contributed by atoms with Crippen LogP contribution in [0.25, 0.3) is 0 Å². The minimum atomic E-state index is -2.18. The Morgan fingerprint density at radius 2 is 1.48 bits per heavy atom. The second-order valence-corrected chi connectivity index (χ2v) is 7.94. The van der Waals surface area contributed by atoms with Crippen LogP contribution in [-0.4, -0.2) is 115 Å². The smallest absolute Gasteiger partial charge is 0.195 e. The average Bonchev–Trinajstić information content (AvgIpc) is 2.78. The van der Waals surface area contributed by atoms with E-state index in [1.807, 2.05) is 30.3 Å². The molecule has 11 nitrogen and oxygen atoms in total. The van der Waals surface area contributed by atoms with Gasteiger partial charge in [0.15, 0.2) is 12.1 Å². The first-order valence-electron chi connectivity index (χ1n) is 10.1. The summed E-state index contributed by atoms with van der Waals surface area (Å²) in [5.74, 6) is -2.18. The molecule has 0 bridgehead atoms. The van der Waals surface area contributed by atoms with E-state index in [1.165, 1.54) is 0 Å². The molecule has 1 aromatic carbocycles. The Labute approximate surface area is 178 Å². The maximum Gasteiger partial charge on any atom is 0.195 e. The van der Waals surface area contributed by atoms with Crippen molar-refractivity contribution in [2.75, 3.05) is 13.2 Å². The fraction of sp³-hybridized carbons (Fsp3) is 0.700. The predicted octanol–water partition coefficient (Wildman–Crippen LogP) is -3.39. The molecule has 2 aliphatic rings. The lowest BCUT2D eigenvalue weighted by Crippen LogP contribution is -2.66. The zero-order valence-electron chi connectivity index (χ0n) is 16.7. The third kappa shape index (κ3) is 5.24. The van der Waals surface area contributed by atoms with Crippen LogP contribution in [0.2, 0.25) is 0 Å². The first-order chi connectivity index (χ1) is 14.7. The summed E-state index contributed by atoms with van der Waals surface area (Å²) < 4.78 is 16.1. The largest absolute Gasteiger partial charge is 0.394 e. The Morgan fingerprint density at radius 1 is 0.839 bits per heavy atom. The summed E-state index contributed by atoms with van der Waals surface area (Å²) in [6, 6.07) is 9.10. The molecule has 11 heteroatoms. The van der Waals surface area contributed by atoms with Crippen LogP contribution in [0.5, 0.6) is 0 Å². The molecular formula is C20H30O11. The number of aliphatic hydroxyl groups is 8. The molecule has 0 spiro atoms. The number of benzene rings is 1. The molecule has 2 saturated heterocycles. The highest BCUT2D eigenvalue weighted by atomic mass is 16.7. The highest BCUT2D eigenvalue weighted by Gasteiger charge is 2.53. The Hall–Kier alpha value is -1.22. The van der Waals surface area contributed by atoms with E-state index in [9.17, 15) is 40.9 Å². The van der Waals surface area contributed by atoms with E-state index in [4.69, 9.17) is 14.2 Å². The van der Waals surface area contributed by atoms with E-state index < -0.39 is 74.1 Å². The second kappa shape index (κ2) is 10.1. The molecule has 0 radical (unpaired) electrons. The molecule has 176 valence electrons. The van der Waals surface area contributed by atoms with Gasteiger partial charge in [0.25, 0.3) is 0 Å². The first-order valence-corrected chi connectivity index (χ1v) is 10.1. The molecule has 0 aromatic heterocycles. The van der Waals surface area contributed by atoms with Crippen molar-refractivity contribution in [3.05, 3.63) is 35.9 Å². The Morgan fingerprint density at radius 3 is 2.13 bits per heavy atom. The molecular weight excluding hydrogens is 416 g/mol. The fourth-order valence-corrected chi connectivity index (χ4v) is 3.78. The van der Waals surface area contributed by atoms with Crippen molar-refractivity contribution in [2.24, 2.45) is 0 Å². The Kier molecular flexibility index (Phi) is 8.00. The van der Waals surface area contributed by atoms with E-state index in [1.54, 1.807) is 0 Å². The fourth-order valence-electron chi connectivity index (χ4n) is 3.78. The molecule has 31 heavy (non-hydrogen) atoms. The number of aliphatic hydroxyl groups excluding tert-OH is 7. The van der Waals surface area contributed by atoms with Crippen molar-refractivity contribution in [2.45, 2.75) is 73.8 Å². The quantitative estimate of drug-likeness (QED) is 0.208. The molecule has 2 heterocycles. The summed E-state index contributed by atoms with van der Waals surface area (Å²) in [5.41, 5.74) is 0.862. The van der Waals surface area contributed by atoms with Gasteiger partial charge >= 0.3 is 0 Å². The minimum Gasteiger partial charge on any atom is -0.394 e. The summed E-state index contributed by atoms with van der Waals surface area (Å²) in [5, 5.41) is 80.5. The van der Waals surface area contributed by atoms with Crippen molar-refractivity contribution in [1.29, 1.82) is 0 Å². The highest BCUT2D eigenvalue weighted by Crippen LogP contribution is 2.33. The summed E-state index contributed by atoms with van der Waals surface area (Å²) in [7, 11) is 0. The average molecular weight is 446 g/mol. The highest BCUT2D eigenvalue weighted by molar-refractivity contribution is 5.15. The first kappa shape index (κ1) is 24.4.